The zero-order chi connectivity index (χ0) is 14.5. The van der Waals surface area contributed by atoms with Gasteiger partial charge in [-0.25, -0.2) is 9.59 Å². The van der Waals surface area contributed by atoms with Gasteiger partial charge in [0.2, 0.25) is 0 Å². The first-order valence-corrected chi connectivity index (χ1v) is 6.66. The number of carboxylic acid groups (broad SMARTS) is 1. The molecule has 0 spiro atoms. The van der Waals surface area contributed by atoms with Crippen LogP contribution >= 0.6 is 0 Å². The summed E-state index contributed by atoms with van der Waals surface area (Å²) in [6, 6.07) is -1.26. The molecule has 1 atom stereocenters. The lowest BCUT2D eigenvalue weighted by Crippen LogP contribution is -2.49. The van der Waals surface area contributed by atoms with Gasteiger partial charge in [-0.3, -0.25) is 0 Å². The molecule has 1 rings (SSSR count). The molecule has 110 valence electrons. The average Bonchev–Trinajstić information content (AvgIpc) is 3.11. The van der Waals surface area contributed by atoms with Crippen molar-refractivity contribution in [3.63, 3.8) is 0 Å². The summed E-state index contributed by atoms with van der Waals surface area (Å²) < 4.78 is 5.05. The van der Waals surface area contributed by atoms with Crippen LogP contribution in [0.1, 0.15) is 33.1 Å². The predicted molar refractivity (Wildman–Crippen MR) is 71.0 cm³/mol. The Morgan fingerprint density at radius 1 is 1.37 bits per heavy atom. The molecular weight excluding hydrogens is 248 g/mol. The van der Waals surface area contributed by atoms with Crippen molar-refractivity contribution in [2.24, 2.45) is 11.3 Å². The SMILES string of the molecule is COCCC1(CNC(=O)N[C@H](C(=O)O)C(C)C)CC1. The Labute approximate surface area is 113 Å². The van der Waals surface area contributed by atoms with Crippen LogP contribution in [0.2, 0.25) is 0 Å². The molecule has 0 bridgehead atoms. The Balaban J connectivity index is 2.33. The highest BCUT2D eigenvalue weighted by atomic mass is 16.5. The van der Waals surface area contributed by atoms with E-state index in [4.69, 9.17) is 9.84 Å². The van der Waals surface area contributed by atoms with Gasteiger partial charge < -0.3 is 20.5 Å². The highest BCUT2D eigenvalue weighted by Gasteiger charge is 2.42. The van der Waals surface area contributed by atoms with E-state index < -0.39 is 18.0 Å². The van der Waals surface area contributed by atoms with E-state index >= 15 is 0 Å². The molecule has 0 aromatic rings. The molecule has 0 saturated heterocycles. The van der Waals surface area contributed by atoms with E-state index in [2.05, 4.69) is 10.6 Å². The summed E-state index contributed by atoms with van der Waals surface area (Å²) in [5.41, 5.74) is 0.157. The van der Waals surface area contributed by atoms with E-state index in [1.165, 1.54) is 0 Å². The lowest BCUT2D eigenvalue weighted by molar-refractivity contribution is -0.140. The van der Waals surface area contributed by atoms with Crippen LogP contribution in [0.15, 0.2) is 0 Å². The number of carboxylic acids is 1. The summed E-state index contributed by atoms with van der Waals surface area (Å²) in [4.78, 5) is 22.7. The molecule has 0 heterocycles. The first-order chi connectivity index (χ1) is 8.90. The number of carbonyl (C=O) groups is 2. The number of hydrogen-bond donors (Lipinski definition) is 3. The smallest absolute Gasteiger partial charge is 0.326 e. The number of rotatable bonds is 8. The molecule has 1 saturated carbocycles. The normalized spacial score (nSPS) is 17.9. The number of nitrogens with one attached hydrogen (secondary N) is 2. The van der Waals surface area contributed by atoms with Crippen molar-refractivity contribution in [2.75, 3.05) is 20.3 Å². The topological polar surface area (TPSA) is 87.7 Å². The third-order valence-electron chi connectivity index (χ3n) is 3.64. The van der Waals surface area contributed by atoms with Crippen molar-refractivity contribution >= 4 is 12.0 Å². The minimum absolute atomic E-state index is 0.147. The molecule has 0 aliphatic heterocycles. The number of hydrogen-bond acceptors (Lipinski definition) is 3. The average molecular weight is 272 g/mol. The first-order valence-electron chi connectivity index (χ1n) is 6.66. The minimum Gasteiger partial charge on any atom is -0.480 e. The molecular formula is C13H24N2O4. The standard InChI is InChI=1S/C13H24N2O4/c1-9(2)10(11(16)17)15-12(18)14-8-13(4-5-13)6-7-19-3/h9-10H,4-8H2,1-3H3,(H,16,17)(H2,14,15,18)/t10-/m0/s1. The van der Waals surface area contributed by atoms with Crippen LogP contribution in [-0.4, -0.2) is 43.4 Å². The van der Waals surface area contributed by atoms with Crippen molar-refractivity contribution in [3.05, 3.63) is 0 Å². The second kappa shape index (κ2) is 6.75. The number of methoxy groups -OCH3 is 1. The molecule has 0 aromatic carbocycles. The Morgan fingerprint density at radius 2 is 2.00 bits per heavy atom. The second-order valence-electron chi connectivity index (χ2n) is 5.63. The van der Waals surface area contributed by atoms with Crippen LogP contribution in [0.25, 0.3) is 0 Å². The van der Waals surface area contributed by atoms with Crippen LogP contribution < -0.4 is 10.6 Å². The van der Waals surface area contributed by atoms with Gasteiger partial charge in [0.1, 0.15) is 6.04 Å². The van der Waals surface area contributed by atoms with Gasteiger partial charge in [0.15, 0.2) is 0 Å². The van der Waals surface area contributed by atoms with E-state index in [-0.39, 0.29) is 11.3 Å². The summed E-state index contributed by atoms with van der Waals surface area (Å²) in [7, 11) is 1.66. The molecule has 1 fully saturated rings. The third kappa shape index (κ3) is 5.06. The highest BCUT2D eigenvalue weighted by molar-refractivity contribution is 5.82. The molecule has 6 heteroatoms. The van der Waals surface area contributed by atoms with Crippen molar-refractivity contribution < 1.29 is 19.4 Å². The Hall–Kier alpha value is -1.30. The summed E-state index contributed by atoms with van der Waals surface area (Å²) in [5, 5.41) is 14.2. The number of urea groups is 1. The van der Waals surface area contributed by atoms with Crippen molar-refractivity contribution in [3.8, 4) is 0 Å². The largest absolute Gasteiger partial charge is 0.480 e. The number of carbonyl (C=O) groups excluding carboxylic acids is 1. The summed E-state index contributed by atoms with van der Waals surface area (Å²) in [6.45, 7) is 4.79. The van der Waals surface area contributed by atoms with E-state index in [9.17, 15) is 9.59 Å². The Kier molecular flexibility index (Phi) is 5.60. The van der Waals surface area contributed by atoms with E-state index in [0.717, 1.165) is 19.3 Å². The van der Waals surface area contributed by atoms with Gasteiger partial charge in [-0.2, -0.15) is 0 Å². The molecule has 3 N–H and O–H groups in total. The molecule has 6 nitrogen and oxygen atoms in total. The van der Waals surface area contributed by atoms with Gasteiger partial charge in [-0.05, 0) is 30.6 Å². The molecule has 19 heavy (non-hydrogen) atoms. The second-order valence-corrected chi connectivity index (χ2v) is 5.63. The Morgan fingerprint density at radius 3 is 2.42 bits per heavy atom. The maximum atomic E-state index is 11.7. The highest BCUT2D eigenvalue weighted by Crippen LogP contribution is 2.48. The third-order valence-corrected chi connectivity index (χ3v) is 3.64. The van der Waals surface area contributed by atoms with Crippen LogP contribution in [-0.2, 0) is 9.53 Å². The molecule has 0 unspecified atom stereocenters. The summed E-state index contributed by atoms with van der Waals surface area (Å²) >= 11 is 0. The van der Waals surface area contributed by atoms with Crippen molar-refractivity contribution in [2.45, 2.75) is 39.2 Å². The molecule has 1 aliphatic rings. The van der Waals surface area contributed by atoms with Crippen molar-refractivity contribution in [1.82, 2.24) is 10.6 Å². The maximum absolute atomic E-state index is 11.7. The minimum atomic E-state index is -1.01. The fourth-order valence-electron chi connectivity index (χ4n) is 1.98. The van der Waals surface area contributed by atoms with Crippen LogP contribution in [0, 0.1) is 11.3 Å². The maximum Gasteiger partial charge on any atom is 0.326 e. The van der Waals surface area contributed by atoms with Crippen LogP contribution in [0.4, 0.5) is 4.79 Å². The summed E-state index contributed by atoms with van der Waals surface area (Å²) in [5.74, 6) is -1.16. The summed E-state index contributed by atoms with van der Waals surface area (Å²) in [6.07, 6.45) is 3.10. The van der Waals surface area contributed by atoms with E-state index in [1.807, 2.05) is 0 Å². The quantitative estimate of drug-likeness (QED) is 0.620. The van der Waals surface area contributed by atoms with Gasteiger partial charge in [-0.1, -0.05) is 13.8 Å². The molecule has 0 aromatic heterocycles. The van der Waals surface area contributed by atoms with Gasteiger partial charge in [0, 0.05) is 20.3 Å². The van der Waals surface area contributed by atoms with Gasteiger partial charge in [0.05, 0.1) is 0 Å². The lowest BCUT2D eigenvalue weighted by atomic mass is 10.0. The molecule has 0 radical (unpaired) electrons. The number of amides is 2. The van der Waals surface area contributed by atoms with E-state index in [0.29, 0.717) is 13.2 Å². The zero-order valence-electron chi connectivity index (χ0n) is 11.9. The van der Waals surface area contributed by atoms with Crippen LogP contribution in [0.5, 0.6) is 0 Å². The predicted octanol–water partition coefficient (Wildman–Crippen LogP) is 1.21. The monoisotopic (exact) mass is 272 g/mol. The van der Waals surface area contributed by atoms with Gasteiger partial charge in [0.25, 0.3) is 0 Å². The van der Waals surface area contributed by atoms with E-state index in [1.54, 1.807) is 21.0 Å². The van der Waals surface area contributed by atoms with Crippen molar-refractivity contribution in [1.29, 1.82) is 0 Å². The van der Waals surface area contributed by atoms with Gasteiger partial charge in [-0.15, -0.1) is 0 Å². The molecule has 1 aliphatic carbocycles. The molecule has 2 amide bonds. The Bertz CT molecular complexity index is 327. The van der Waals surface area contributed by atoms with Crippen LogP contribution in [0.3, 0.4) is 0 Å². The van der Waals surface area contributed by atoms with Gasteiger partial charge >= 0.3 is 12.0 Å². The zero-order valence-corrected chi connectivity index (χ0v) is 11.9. The number of aliphatic carboxylic acids is 1. The first kappa shape index (κ1) is 15.8. The fourth-order valence-corrected chi connectivity index (χ4v) is 1.98. The number of ether oxygens (including phenoxy) is 1. The lowest BCUT2D eigenvalue weighted by Gasteiger charge is -2.20. The fraction of sp³-hybridized carbons (Fsp3) is 0.846.